The molecule has 7 nitrogen and oxygen atoms in total. The van der Waals surface area contributed by atoms with Crippen molar-refractivity contribution < 1.29 is 23.5 Å². The van der Waals surface area contributed by atoms with Crippen molar-refractivity contribution in [2.24, 2.45) is 0 Å². The first kappa shape index (κ1) is 19.5. The Labute approximate surface area is 166 Å². The minimum Gasteiger partial charge on any atom is -0.497 e. The van der Waals surface area contributed by atoms with Crippen molar-refractivity contribution in [3.05, 3.63) is 83.8 Å². The molecule has 0 aliphatic heterocycles. The van der Waals surface area contributed by atoms with Gasteiger partial charge in [0.25, 0.3) is 5.91 Å². The van der Waals surface area contributed by atoms with Crippen molar-refractivity contribution >= 4 is 23.6 Å². The van der Waals surface area contributed by atoms with E-state index in [-0.39, 0.29) is 11.3 Å². The number of nitrogens with one attached hydrogen (secondary N) is 1. The molecule has 144 valence electrons. The molecule has 7 heteroatoms. The van der Waals surface area contributed by atoms with Gasteiger partial charge in [-0.05, 0) is 60.2 Å². The van der Waals surface area contributed by atoms with Crippen LogP contribution in [-0.2, 0) is 4.79 Å². The zero-order chi connectivity index (χ0) is 20.6. The van der Waals surface area contributed by atoms with Crippen molar-refractivity contribution in [3.8, 4) is 17.6 Å². The van der Waals surface area contributed by atoms with Gasteiger partial charge < -0.3 is 19.2 Å². The lowest BCUT2D eigenvalue weighted by Gasteiger charge is -2.06. The Bertz CT molecular complexity index is 1060. The van der Waals surface area contributed by atoms with Crippen LogP contribution in [0, 0.1) is 11.3 Å². The summed E-state index contributed by atoms with van der Waals surface area (Å²) in [6.07, 6.45) is 2.82. The molecule has 0 atom stereocenters. The van der Waals surface area contributed by atoms with Crippen LogP contribution in [-0.4, -0.2) is 19.0 Å². The third-order valence-electron chi connectivity index (χ3n) is 3.84. The summed E-state index contributed by atoms with van der Waals surface area (Å²) in [6.45, 7) is 0. The highest BCUT2D eigenvalue weighted by atomic mass is 16.5. The lowest BCUT2D eigenvalue weighted by molar-refractivity contribution is -0.112. The number of carbonyl (C=O) groups excluding carboxylic acids is 2. The average Bonchev–Trinajstić information content (AvgIpc) is 3.29. The van der Waals surface area contributed by atoms with E-state index in [0.717, 1.165) is 0 Å². The monoisotopic (exact) mass is 388 g/mol. The Morgan fingerprint density at radius 1 is 1.03 bits per heavy atom. The van der Waals surface area contributed by atoms with E-state index in [1.807, 2.05) is 6.07 Å². The minimum absolute atomic E-state index is 0.0684. The molecule has 1 aromatic heterocycles. The molecule has 0 spiro atoms. The summed E-state index contributed by atoms with van der Waals surface area (Å²) >= 11 is 0. The first-order chi connectivity index (χ1) is 14.1. The number of anilines is 1. The Kier molecular flexibility index (Phi) is 6.08. The fraction of sp³-hybridized carbons (Fsp3) is 0.0455. The molecule has 0 aliphatic rings. The van der Waals surface area contributed by atoms with Crippen LogP contribution in [0.4, 0.5) is 5.69 Å². The standard InChI is InChI=1S/C22H16N2O5/c1-27-18-10-6-17(7-11-18)24-21(25)16(14-23)13-15-4-8-19(9-5-15)29-22(26)20-3-2-12-28-20/h2-13H,1H3,(H,24,25)/b16-13+. The van der Waals surface area contributed by atoms with Crippen LogP contribution in [0.5, 0.6) is 11.5 Å². The molecule has 1 heterocycles. The van der Waals surface area contributed by atoms with Gasteiger partial charge in [0.2, 0.25) is 5.76 Å². The van der Waals surface area contributed by atoms with E-state index >= 15 is 0 Å². The van der Waals surface area contributed by atoms with Gasteiger partial charge in [-0.3, -0.25) is 4.79 Å². The van der Waals surface area contributed by atoms with Crippen molar-refractivity contribution in [2.45, 2.75) is 0 Å². The smallest absolute Gasteiger partial charge is 0.379 e. The topological polar surface area (TPSA) is 102 Å². The molecule has 3 aromatic rings. The first-order valence-electron chi connectivity index (χ1n) is 8.52. The molecule has 1 amide bonds. The van der Waals surface area contributed by atoms with Gasteiger partial charge in [-0.1, -0.05) is 12.1 Å². The first-order valence-corrected chi connectivity index (χ1v) is 8.52. The minimum atomic E-state index is -0.616. The quantitative estimate of drug-likeness (QED) is 0.296. The van der Waals surface area contributed by atoms with Gasteiger partial charge in [0, 0.05) is 5.69 Å². The number of nitriles is 1. The van der Waals surface area contributed by atoms with E-state index in [1.54, 1.807) is 61.7 Å². The van der Waals surface area contributed by atoms with Gasteiger partial charge in [0.1, 0.15) is 23.1 Å². The van der Waals surface area contributed by atoms with E-state index in [2.05, 4.69) is 5.32 Å². The maximum atomic E-state index is 12.3. The highest BCUT2D eigenvalue weighted by molar-refractivity contribution is 6.09. The molecular formula is C22H16N2O5. The van der Waals surface area contributed by atoms with E-state index < -0.39 is 11.9 Å². The van der Waals surface area contributed by atoms with Crippen LogP contribution in [0.1, 0.15) is 16.1 Å². The van der Waals surface area contributed by atoms with E-state index in [4.69, 9.17) is 13.9 Å². The zero-order valence-electron chi connectivity index (χ0n) is 15.4. The molecule has 0 radical (unpaired) electrons. The number of carbonyl (C=O) groups is 2. The fourth-order valence-electron chi connectivity index (χ4n) is 2.37. The van der Waals surface area contributed by atoms with Gasteiger partial charge in [0.05, 0.1) is 13.4 Å². The summed E-state index contributed by atoms with van der Waals surface area (Å²) in [5.41, 5.74) is 1.07. The van der Waals surface area contributed by atoms with Gasteiger partial charge in [-0.15, -0.1) is 0 Å². The lowest BCUT2D eigenvalue weighted by atomic mass is 10.1. The summed E-state index contributed by atoms with van der Waals surface area (Å²) in [5, 5.41) is 12.0. The second-order valence-electron chi connectivity index (χ2n) is 5.79. The number of benzene rings is 2. The predicted molar refractivity (Wildman–Crippen MR) is 105 cm³/mol. The lowest BCUT2D eigenvalue weighted by Crippen LogP contribution is -2.13. The third-order valence-corrected chi connectivity index (χ3v) is 3.84. The summed E-state index contributed by atoms with van der Waals surface area (Å²) in [4.78, 5) is 24.2. The normalized spacial score (nSPS) is 10.7. The van der Waals surface area contributed by atoms with Gasteiger partial charge in [-0.25, -0.2) is 4.79 Å². The number of ether oxygens (including phenoxy) is 2. The number of hydrogen-bond donors (Lipinski definition) is 1. The zero-order valence-corrected chi connectivity index (χ0v) is 15.4. The number of rotatable bonds is 6. The Balaban J connectivity index is 1.67. The second kappa shape index (κ2) is 9.06. The Hall–Kier alpha value is -4.31. The van der Waals surface area contributed by atoms with Gasteiger partial charge in [0.15, 0.2) is 0 Å². The third kappa shape index (κ3) is 5.11. The van der Waals surface area contributed by atoms with Gasteiger partial charge in [-0.2, -0.15) is 5.26 Å². The van der Waals surface area contributed by atoms with E-state index in [9.17, 15) is 14.9 Å². The Morgan fingerprint density at radius 2 is 1.72 bits per heavy atom. The van der Waals surface area contributed by atoms with Crippen LogP contribution in [0.3, 0.4) is 0 Å². The molecule has 0 fully saturated rings. The van der Waals surface area contributed by atoms with Crippen LogP contribution in [0.2, 0.25) is 0 Å². The second-order valence-corrected chi connectivity index (χ2v) is 5.79. The van der Waals surface area contributed by atoms with E-state index in [1.165, 1.54) is 18.4 Å². The number of amides is 1. The van der Waals surface area contributed by atoms with Crippen LogP contribution in [0.15, 0.2) is 76.9 Å². The molecule has 3 rings (SSSR count). The molecule has 1 N–H and O–H groups in total. The van der Waals surface area contributed by atoms with Crippen molar-refractivity contribution in [1.82, 2.24) is 0 Å². The maximum absolute atomic E-state index is 12.3. The van der Waals surface area contributed by atoms with Crippen molar-refractivity contribution in [2.75, 3.05) is 12.4 Å². The number of nitrogens with zero attached hydrogens (tertiary/aromatic N) is 1. The summed E-state index contributed by atoms with van der Waals surface area (Å²) in [7, 11) is 1.55. The highest BCUT2D eigenvalue weighted by Gasteiger charge is 2.12. The van der Waals surface area contributed by atoms with Crippen LogP contribution < -0.4 is 14.8 Å². The summed E-state index contributed by atoms with van der Waals surface area (Å²) in [5.74, 6) is -0.0894. The molecule has 0 saturated carbocycles. The number of furan rings is 1. The summed E-state index contributed by atoms with van der Waals surface area (Å²) in [6, 6.07) is 18.1. The molecule has 2 aromatic carbocycles. The highest BCUT2D eigenvalue weighted by Crippen LogP contribution is 2.18. The number of esters is 1. The number of hydrogen-bond acceptors (Lipinski definition) is 6. The van der Waals surface area contributed by atoms with E-state index in [0.29, 0.717) is 22.7 Å². The molecule has 0 bridgehead atoms. The molecular weight excluding hydrogens is 372 g/mol. The Morgan fingerprint density at radius 3 is 2.31 bits per heavy atom. The maximum Gasteiger partial charge on any atom is 0.379 e. The SMILES string of the molecule is COc1ccc(NC(=O)/C(C#N)=C/c2ccc(OC(=O)c3ccco3)cc2)cc1. The molecule has 0 saturated heterocycles. The predicted octanol–water partition coefficient (Wildman–Crippen LogP) is 4.05. The number of methoxy groups -OCH3 is 1. The van der Waals surface area contributed by atoms with Crippen molar-refractivity contribution in [3.63, 3.8) is 0 Å². The van der Waals surface area contributed by atoms with Gasteiger partial charge >= 0.3 is 5.97 Å². The largest absolute Gasteiger partial charge is 0.497 e. The van der Waals surface area contributed by atoms with Crippen LogP contribution >= 0.6 is 0 Å². The van der Waals surface area contributed by atoms with Crippen molar-refractivity contribution in [1.29, 1.82) is 5.26 Å². The molecule has 29 heavy (non-hydrogen) atoms. The fourth-order valence-corrected chi connectivity index (χ4v) is 2.37. The molecule has 0 aliphatic carbocycles. The summed E-state index contributed by atoms with van der Waals surface area (Å²) < 4.78 is 15.2. The molecule has 0 unspecified atom stereocenters. The van der Waals surface area contributed by atoms with Crippen LogP contribution in [0.25, 0.3) is 6.08 Å². The average molecular weight is 388 g/mol.